The van der Waals surface area contributed by atoms with Crippen LogP contribution in [0.25, 0.3) is 0 Å². The van der Waals surface area contributed by atoms with Crippen molar-refractivity contribution in [2.45, 2.75) is 29.1 Å². The predicted octanol–water partition coefficient (Wildman–Crippen LogP) is 3.03. The molecule has 0 aliphatic heterocycles. The monoisotopic (exact) mass is 385 g/mol. The number of sulfonamides is 1. The van der Waals surface area contributed by atoms with E-state index >= 15 is 0 Å². The fraction of sp³-hybridized carbons (Fsp3) is 0.250. The molecule has 2 aromatic carbocycles. The van der Waals surface area contributed by atoms with Crippen LogP contribution in [0.1, 0.15) is 17.5 Å². The molecule has 0 heterocycles. The van der Waals surface area contributed by atoms with E-state index in [1.165, 1.54) is 17.7 Å². The molecule has 5 nitrogen and oxygen atoms in total. The van der Waals surface area contributed by atoms with Gasteiger partial charge in [0, 0.05) is 11.9 Å². The van der Waals surface area contributed by atoms with Gasteiger partial charge in [-0.1, -0.05) is 17.7 Å². The summed E-state index contributed by atoms with van der Waals surface area (Å²) in [6.45, 7) is 0. The first-order valence-electron chi connectivity index (χ1n) is 7.31. The maximum Gasteiger partial charge on any atom is 0.263 e. The van der Waals surface area contributed by atoms with E-state index in [1.807, 2.05) is 12.1 Å². The highest BCUT2D eigenvalue weighted by Crippen LogP contribution is 2.29. The van der Waals surface area contributed by atoms with Gasteiger partial charge in [-0.25, -0.2) is 16.8 Å². The van der Waals surface area contributed by atoms with E-state index in [-0.39, 0.29) is 14.8 Å². The Morgan fingerprint density at radius 2 is 1.67 bits per heavy atom. The van der Waals surface area contributed by atoms with E-state index in [2.05, 4.69) is 4.72 Å². The highest BCUT2D eigenvalue weighted by Gasteiger charge is 2.22. The highest BCUT2D eigenvalue weighted by molar-refractivity contribution is 7.93. The van der Waals surface area contributed by atoms with Gasteiger partial charge in [-0.3, -0.25) is 4.72 Å². The van der Waals surface area contributed by atoms with E-state index in [9.17, 15) is 16.8 Å². The lowest BCUT2D eigenvalue weighted by Gasteiger charge is -2.12. The minimum Gasteiger partial charge on any atom is -0.280 e. The van der Waals surface area contributed by atoms with Crippen molar-refractivity contribution in [3.05, 3.63) is 52.5 Å². The molecule has 0 saturated heterocycles. The zero-order valence-corrected chi connectivity index (χ0v) is 15.3. The molecular formula is C16H16ClNO4S2. The molecule has 0 atom stereocenters. The highest BCUT2D eigenvalue weighted by atomic mass is 35.5. The lowest BCUT2D eigenvalue weighted by molar-refractivity contribution is 0.600. The quantitative estimate of drug-likeness (QED) is 0.877. The molecule has 0 unspecified atom stereocenters. The molecule has 0 aromatic heterocycles. The molecule has 0 spiro atoms. The molecule has 0 saturated carbocycles. The summed E-state index contributed by atoms with van der Waals surface area (Å²) in [5.74, 6) is 0. The van der Waals surface area contributed by atoms with Gasteiger partial charge in [-0.15, -0.1) is 0 Å². The Balaban J connectivity index is 1.99. The molecule has 128 valence electrons. The minimum atomic E-state index is -3.99. The van der Waals surface area contributed by atoms with Crippen LogP contribution in [0.2, 0.25) is 5.02 Å². The van der Waals surface area contributed by atoms with Gasteiger partial charge in [0.1, 0.15) is 4.90 Å². The molecule has 0 fully saturated rings. The number of fused-ring (bicyclic) bond motifs is 1. The van der Waals surface area contributed by atoms with Crippen molar-refractivity contribution >= 4 is 37.1 Å². The van der Waals surface area contributed by atoms with Gasteiger partial charge in [0.2, 0.25) is 0 Å². The third kappa shape index (κ3) is 3.43. The van der Waals surface area contributed by atoms with Crippen LogP contribution in [-0.2, 0) is 32.7 Å². The smallest absolute Gasteiger partial charge is 0.263 e. The van der Waals surface area contributed by atoms with E-state index in [0.29, 0.717) is 5.69 Å². The molecule has 0 bridgehead atoms. The number of rotatable bonds is 4. The Kier molecular flexibility index (Phi) is 4.36. The average molecular weight is 386 g/mol. The molecule has 0 amide bonds. The Morgan fingerprint density at radius 1 is 0.958 bits per heavy atom. The maximum absolute atomic E-state index is 12.6. The summed E-state index contributed by atoms with van der Waals surface area (Å²) in [6.07, 6.45) is 4.01. The SMILES string of the molecule is CS(=O)(=O)c1ccc(Cl)c(S(=O)(=O)Nc2ccc3c(c2)CCC3)c1. The van der Waals surface area contributed by atoms with Crippen molar-refractivity contribution in [1.29, 1.82) is 0 Å². The number of aryl methyl sites for hydroxylation is 2. The molecule has 1 aliphatic carbocycles. The summed E-state index contributed by atoms with van der Waals surface area (Å²) in [5.41, 5.74) is 2.80. The largest absolute Gasteiger partial charge is 0.280 e. The van der Waals surface area contributed by atoms with Crippen LogP contribution in [0.3, 0.4) is 0 Å². The van der Waals surface area contributed by atoms with Gasteiger partial charge >= 0.3 is 0 Å². The molecule has 1 aliphatic rings. The molecular weight excluding hydrogens is 370 g/mol. The van der Waals surface area contributed by atoms with Crippen molar-refractivity contribution in [3.8, 4) is 0 Å². The summed E-state index contributed by atoms with van der Waals surface area (Å²) < 4.78 is 51.0. The van der Waals surface area contributed by atoms with Crippen LogP contribution in [0.15, 0.2) is 46.2 Å². The first kappa shape index (κ1) is 17.3. The van der Waals surface area contributed by atoms with Gasteiger partial charge in [-0.2, -0.15) is 0 Å². The zero-order chi connectivity index (χ0) is 17.5. The summed E-state index contributed by atoms with van der Waals surface area (Å²) in [4.78, 5) is -0.353. The minimum absolute atomic E-state index is 0.0314. The van der Waals surface area contributed by atoms with Gasteiger partial charge < -0.3 is 0 Å². The van der Waals surface area contributed by atoms with Gasteiger partial charge in [0.05, 0.1) is 9.92 Å². The summed E-state index contributed by atoms with van der Waals surface area (Å²) in [7, 11) is -7.52. The Hall–Kier alpha value is -1.57. The van der Waals surface area contributed by atoms with Crippen LogP contribution in [0.4, 0.5) is 5.69 Å². The average Bonchev–Trinajstić information content (AvgIpc) is 2.93. The van der Waals surface area contributed by atoms with Gasteiger partial charge in [0.25, 0.3) is 10.0 Å². The van der Waals surface area contributed by atoms with E-state index in [4.69, 9.17) is 11.6 Å². The van der Waals surface area contributed by atoms with Crippen molar-refractivity contribution in [1.82, 2.24) is 0 Å². The fourth-order valence-electron chi connectivity index (χ4n) is 2.77. The second-order valence-electron chi connectivity index (χ2n) is 5.81. The third-order valence-corrected chi connectivity index (χ3v) is 6.94. The number of halogens is 1. The van der Waals surface area contributed by atoms with Crippen LogP contribution < -0.4 is 4.72 Å². The number of anilines is 1. The predicted molar refractivity (Wildman–Crippen MR) is 93.8 cm³/mol. The van der Waals surface area contributed by atoms with Gasteiger partial charge in [0.15, 0.2) is 9.84 Å². The second-order valence-corrected chi connectivity index (χ2v) is 9.88. The zero-order valence-electron chi connectivity index (χ0n) is 12.9. The van der Waals surface area contributed by atoms with Crippen LogP contribution in [0, 0.1) is 0 Å². The van der Waals surface area contributed by atoms with E-state index in [1.54, 1.807) is 6.07 Å². The van der Waals surface area contributed by atoms with Crippen molar-refractivity contribution in [3.63, 3.8) is 0 Å². The number of hydrogen-bond acceptors (Lipinski definition) is 4. The van der Waals surface area contributed by atoms with Gasteiger partial charge in [-0.05, 0) is 60.7 Å². The molecule has 2 aromatic rings. The molecule has 24 heavy (non-hydrogen) atoms. The maximum atomic E-state index is 12.6. The van der Waals surface area contributed by atoms with Crippen LogP contribution in [-0.4, -0.2) is 23.1 Å². The fourth-order valence-corrected chi connectivity index (χ4v) is 5.06. The number of benzene rings is 2. The Labute approximate surface area is 146 Å². The Morgan fingerprint density at radius 3 is 2.38 bits per heavy atom. The molecule has 3 rings (SSSR count). The van der Waals surface area contributed by atoms with Crippen molar-refractivity contribution in [2.24, 2.45) is 0 Å². The van der Waals surface area contributed by atoms with Crippen LogP contribution in [0.5, 0.6) is 0 Å². The standard InChI is InChI=1S/C16H16ClNO4S2/c1-23(19,20)14-7-8-15(17)16(10-14)24(21,22)18-13-6-5-11-3-2-4-12(11)9-13/h5-10,18H,2-4H2,1H3. The molecule has 1 N–H and O–H groups in total. The summed E-state index contributed by atoms with van der Waals surface area (Å²) in [5, 5.41) is -0.0314. The van der Waals surface area contributed by atoms with Crippen molar-refractivity contribution < 1.29 is 16.8 Å². The number of sulfone groups is 1. The second kappa shape index (κ2) is 6.06. The van der Waals surface area contributed by atoms with Crippen molar-refractivity contribution in [2.75, 3.05) is 11.0 Å². The number of nitrogens with one attached hydrogen (secondary N) is 1. The summed E-state index contributed by atoms with van der Waals surface area (Å²) >= 11 is 5.98. The van der Waals surface area contributed by atoms with E-state index in [0.717, 1.165) is 37.1 Å². The normalized spacial score (nSPS) is 14.4. The van der Waals surface area contributed by atoms with E-state index < -0.39 is 19.9 Å². The molecule has 8 heteroatoms. The lowest BCUT2D eigenvalue weighted by atomic mass is 10.1. The lowest BCUT2D eigenvalue weighted by Crippen LogP contribution is -2.14. The third-order valence-electron chi connectivity index (χ3n) is 3.97. The topological polar surface area (TPSA) is 80.3 Å². The first-order chi connectivity index (χ1) is 11.2. The first-order valence-corrected chi connectivity index (χ1v) is 11.1. The summed E-state index contributed by atoms with van der Waals surface area (Å²) in [6, 6.07) is 9.06. The number of hydrogen-bond donors (Lipinski definition) is 1. The Bertz CT molecular complexity index is 1010. The molecule has 0 radical (unpaired) electrons. The van der Waals surface area contributed by atoms with Crippen LogP contribution >= 0.6 is 11.6 Å².